The Morgan fingerprint density at radius 3 is 2.65 bits per heavy atom. The Labute approximate surface area is 152 Å². The molecule has 2 heterocycles. The summed E-state index contributed by atoms with van der Waals surface area (Å²) in [6.45, 7) is 1.79. The Kier molecular flexibility index (Phi) is 4.44. The van der Waals surface area contributed by atoms with Crippen molar-refractivity contribution >= 4 is 22.6 Å². The van der Waals surface area contributed by atoms with Crippen molar-refractivity contribution in [2.75, 3.05) is 18.5 Å². The van der Waals surface area contributed by atoms with Crippen molar-refractivity contribution in [2.45, 2.75) is 24.9 Å². The second kappa shape index (κ2) is 6.90. The third-order valence-corrected chi connectivity index (χ3v) is 4.93. The topological polar surface area (TPSA) is 82.2 Å². The Morgan fingerprint density at radius 2 is 1.88 bits per heavy atom. The predicted molar refractivity (Wildman–Crippen MR) is 101 cm³/mol. The molecule has 2 aromatic carbocycles. The lowest BCUT2D eigenvalue weighted by Crippen LogP contribution is -2.54. The molecular weight excluding hydrogens is 328 g/mol. The number of fused-ring (bicyclic) bond motifs is 1. The van der Waals surface area contributed by atoms with Gasteiger partial charge in [-0.05, 0) is 42.7 Å². The van der Waals surface area contributed by atoms with Gasteiger partial charge < -0.3 is 20.4 Å². The Morgan fingerprint density at radius 1 is 1.15 bits per heavy atom. The molecule has 1 saturated heterocycles. The monoisotopic (exact) mass is 350 g/mol. The minimum absolute atomic E-state index is 0.144. The predicted octanol–water partition coefficient (Wildman–Crippen LogP) is 2.53. The van der Waals surface area contributed by atoms with Gasteiger partial charge in [-0.3, -0.25) is 4.79 Å². The van der Waals surface area contributed by atoms with Gasteiger partial charge in [0.1, 0.15) is 5.54 Å². The number of benzene rings is 2. The molecule has 0 unspecified atom stereocenters. The summed E-state index contributed by atoms with van der Waals surface area (Å²) in [6, 6.07) is 15.9. The van der Waals surface area contributed by atoms with E-state index in [9.17, 15) is 4.79 Å². The molecule has 26 heavy (non-hydrogen) atoms. The number of aromatic nitrogens is 2. The van der Waals surface area contributed by atoms with Crippen molar-refractivity contribution in [1.29, 1.82) is 0 Å². The number of para-hydroxylation sites is 2. The first-order chi connectivity index (χ1) is 12.6. The van der Waals surface area contributed by atoms with Gasteiger partial charge in [0.05, 0.1) is 17.4 Å². The average Bonchev–Trinajstić information content (AvgIpc) is 3.07. The van der Waals surface area contributed by atoms with Crippen LogP contribution in [0.4, 0.5) is 5.69 Å². The fraction of sp³-hybridized carbons (Fsp3) is 0.300. The molecule has 0 bridgehead atoms. The third kappa shape index (κ3) is 3.34. The SMILES string of the molecule is NC1(C(=O)Nc2ccc(Cn3cnc4ccccc43)cc2)CCOCC1. The lowest BCUT2D eigenvalue weighted by Gasteiger charge is -2.31. The van der Waals surface area contributed by atoms with Crippen LogP contribution in [0.5, 0.6) is 0 Å². The lowest BCUT2D eigenvalue weighted by atomic mass is 9.90. The van der Waals surface area contributed by atoms with E-state index in [1.165, 1.54) is 0 Å². The smallest absolute Gasteiger partial charge is 0.244 e. The van der Waals surface area contributed by atoms with E-state index in [-0.39, 0.29) is 5.91 Å². The first-order valence-electron chi connectivity index (χ1n) is 8.81. The number of ether oxygens (including phenoxy) is 1. The molecule has 0 radical (unpaired) electrons. The van der Waals surface area contributed by atoms with Crippen LogP contribution in [0.25, 0.3) is 11.0 Å². The number of nitrogens with one attached hydrogen (secondary N) is 1. The number of amides is 1. The lowest BCUT2D eigenvalue weighted by molar-refractivity contribution is -0.124. The number of carbonyl (C=O) groups is 1. The van der Waals surface area contributed by atoms with E-state index >= 15 is 0 Å². The van der Waals surface area contributed by atoms with E-state index < -0.39 is 5.54 Å². The van der Waals surface area contributed by atoms with E-state index in [1.54, 1.807) is 0 Å². The maximum atomic E-state index is 12.5. The van der Waals surface area contributed by atoms with Gasteiger partial charge in [0.25, 0.3) is 0 Å². The van der Waals surface area contributed by atoms with Crippen LogP contribution >= 0.6 is 0 Å². The summed E-state index contributed by atoms with van der Waals surface area (Å²) in [6.07, 6.45) is 2.94. The highest BCUT2D eigenvalue weighted by Gasteiger charge is 2.35. The van der Waals surface area contributed by atoms with Crippen LogP contribution in [0.1, 0.15) is 18.4 Å². The summed E-state index contributed by atoms with van der Waals surface area (Å²) in [5, 5.41) is 2.93. The normalized spacial score (nSPS) is 16.5. The summed E-state index contributed by atoms with van der Waals surface area (Å²) in [4.78, 5) is 16.9. The molecular formula is C20H22N4O2. The highest BCUT2D eigenvalue weighted by Crippen LogP contribution is 2.21. The molecule has 1 aliphatic heterocycles. The number of nitrogens with zero attached hydrogens (tertiary/aromatic N) is 2. The molecule has 1 aliphatic rings. The molecule has 3 N–H and O–H groups in total. The fourth-order valence-electron chi connectivity index (χ4n) is 3.24. The van der Waals surface area contributed by atoms with Crippen LogP contribution in [-0.2, 0) is 16.1 Å². The summed E-state index contributed by atoms with van der Waals surface area (Å²) in [5.41, 5.74) is 9.37. The largest absolute Gasteiger partial charge is 0.381 e. The van der Waals surface area contributed by atoms with Crippen LogP contribution in [0.2, 0.25) is 0 Å². The van der Waals surface area contributed by atoms with E-state index in [4.69, 9.17) is 10.5 Å². The van der Waals surface area contributed by atoms with Crippen molar-refractivity contribution in [3.05, 3.63) is 60.4 Å². The van der Waals surface area contributed by atoms with Crippen molar-refractivity contribution in [3.8, 4) is 0 Å². The minimum atomic E-state index is -0.841. The van der Waals surface area contributed by atoms with Crippen LogP contribution < -0.4 is 11.1 Å². The van der Waals surface area contributed by atoms with Gasteiger partial charge in [-0.1, -0.05) is 24.3 Å². The summed E-state index contributed by atoms with van der Waals surface area (Å²) < 4.78 is 7.40. The minimum Gasteiger partial charge on any atom is -0.381 e. The molecule has 0 spiro atoms. The van der Waals surface area contributed by atoms with Gasteiger partial charge in [-0.2, -0.15) is 0 Å². The van der Waals surface area contributed by atoms with Gasteiger partial charge in [0.15, 0.2) is 0 Å². The molecule has 0 atom stereocenters. The van der Waals surface area contributed by atoms with Gasteiger partial charge in [0.2, 0.25) is 5.91 Å². The highest BCUT2D eigenvalue weighted by molar-refractivity contribution is 5.98. The maximum Gasteiger partial charge on any atom is 0.244 e. The summed E-state index contributed by atoms with van der Waals surface area (Å²) >= 11 is 0. The Bertz CT molecular complexity index is 911. The zero-order chi connectivity index (χ0) is 18.0. The first-order valence-corrected chi connectivity index (χ1v) is 8.81. The molecule has 134 valence electrons. The zero-order valence-corrected chi connectivity index (χ0v) is 14.5. The van der Waals surface area contributed by atoms with Gasteiger partial charge in [0, 0.05) is 25.4 Å². The summed E-state index contributed by atoms with van der Waals surface area (Å²) in [5.74, 6) is -0.144. The Hall–Kier alpha value is -2.70. The molecule has 6 nitrogen and oxygen atoms in total. The van der Waals surface area contributed by atoms with E-state index in [1.807, 2.05) is 48.8 Å². The standard InChI is InChI=1S/C20H22N4O2/c21-20(9-11-26-12-10-20)19(25)23-16-7-5-15(6-8-16)13-24-14-22-17-3-1-2-4-18(17)24/h1-8,14H,9-13,21H2,(H,23,25). The third-order valence-electron chi connectivity index (χ3n) is 4.93. The number of nitrogens with two attached hydrogens (primary N) is 1. The van der Waals surface area contributed by atoms with E-state index in [0.717, 1.165) is 28.8 Å². The van der Waals surface area contributed by atoms with E-state index in [0.29, 0.717) is 26.1 Å². The van der Waals surface area contributed by atoms with Crippen molar-refractivity contribution < 1.29 is 9.53 Å². The molecule has 0 saturated carbocycles. The van der Waals surface area contributed by atoms with E-state index in [2.05, 4.69) is 20.9 Å². The number of carbonyl (C=O) groups excluding carboxylic acids is 1. The fourth-order valence-corrected chi connectivity index (χ4v) is 3.24. The van der Waals surface area contributed by atoms with Crippen molar-refractivity contribution in [1.82, 2.24) is 9.55 Å². The van der Waals surface area contributed by atoms with Crippen LogP contribution in [0.3, 0.4) is 0 Å². The Balaban J connectivity index is 1.44. The number of anilines is 1. The first kappa shape index (κ1) is 16.8. The number of imidazole rings is 1. The molecule has 0 aliphatic carbocycles. The van der Waals surface area contributed by atoms with Crippen molar-refractivity contribution in [2.24, 2.45) is 5.73 Å². The van der Waals surface area contributed by atoms with Gasteiger partial charge >= 0.3 is 0 Å². The number of hydrogen-bond donors (Lipinski definition) is 2. The summed E-state index contributed by atoms with van der Waals surface area (Å²) in [7, 11) is 0. The van der Waals surface area contributed by atoms with Gasteiger partial charge in [-0.25, -0.2) is 4.98 Å². The maximum absolute atomic E-state index is 12.5. The molecule has 1 aromatic heterocycles. The number of rotatable bonds is 4. The van der Waals surface area contributed by atoms with Gasteiger partial charge in [-0.15, -0.1) is 0 Å². The molecule has 1 amide bonds. The molecule has 1 fully saturated rings. The average molecular weight is 350 g/mol. The highest BCUT2D eigenvalue weighted by atomic mass is 16.5. The molecule has 6 heteroatoms. The van der Waals surface area contributed by atoms with Crippen LogP contribution in [0.15, 0.2) is 54.9 Å². The van der Waals surface area contributed by atoms with Crippen molar-refractivity contribution in [3.63, 3.8) is 0 Å². The quantitative estimate of drug-likeness (QED) is 0.757. The second-order valence-electron chi connectivity index (χ2n) is 6.78. The van der Waals surface area contributed by atoms with Crippen LogP contribution in [0, 0.1) is 0 Å². The number of hydrogen-bond acceptors (Lipinski definition) is 4. The molecule has 3 aromatic rings. The zero-order valence-electron chi connectivity index (χ0n) is 14.5. The molecule has 4 rings (SSSR count). The second-order valence-corrected chi connectivity index (χ2v) is 6.78. The van der Waals surface area contributed by atoms with Crippen LogP contribution in [-0.4, -0.2) is 34.2 Å².